The highest BCUT2D eigenvalue weighted by Gasteiger charge is 2.30. The van der Waals surface area contributed by atoms with E-state index in [1.54, 1.807) is 0 Å². The first-order valence-corrected chi connectivity index (χ1v) is 41.9. The minimum atomic E-state index is -4.96. The van der Waals surface area contributed by atoms with Crippen LogP contribution in [-0.4, -0.2) is 96.7 Å². The number of ether oxygens (including phenoxy) is 4. The second-order valence-corrected chi connectivity index (χ2v) is 30.9. The molecule has 3 N–H and O–H groups in total. The summed E-state index contributed by atoms with van der Waals surface area (Å²) >= 11 is 0. The molecule has 0 heterocycles. The Morgan fingerprint density at radius 2 is 0.543 bits per heavy atom. The van der Waals surface area contributed by atoms with Crippen molar-refractivity contribution in [2.24, 2.45) is 17.8 Å². The van der Waals surface area contributed by atoms with Crippen LogP contribution in [0.25, 0.3) is 0 Å². The van der Waals surface area contributed by atoms with Gasteiger partial charge in [-0.2, -0.15) is 0 Å². The van der Waals surface area contributed by atoms with E-state index in [0.717, 1.165) is 108 Å². The van der Waals surface area contributed by atoms with E-state index in [4.69, 9.17) is 37.0 Å². The number of phosphoric ester groups is 2. The lowest BCUT2D eigenvalue weighted by molar-refractivity contribution is -0.161. The van der Waals surface area contributed by atoms with Crippen LogP contribution >= 0.6 is 15.6 Å². The number of hydrogen-bond donors (Lipinski definition) is 3. The summed E-state index contributed by atoms with van der Waals surface area (Å²) in [6.07, 6.45) is 51.1. The van der Waals surface area contributed by atoms with Crippen molar-refractivity contribution < 1.29 is 80.2 Å². The number of hydrogen-bond acceptors (Lipinski definition) is 15. The van der Waals surface area contributed by atoms with Gasteiger partial charge in [-0.25, -0.2) is 9.13 Å². The van der Waals surface area contributed by atoms with Gasteiger partial charge in [-0.3, -0.25) is 37.3 Å². The summed E-state index contributed by atoms with van der Waals surface area (Å²) < 4.78 is 68.5. The molecular formula is C75H146O17P2. The number of carbonyl (C=O) groups excluding carboxylic acids is 4. The van der Waals surface area contributed by atoms with Gasteiger partial charge in [0.2, 0.25) is 0 Å². The highest BCUT2D eigenvalue weighted by atomic mass is 31.2. The predicted octanol–water partition coefficient (Wildman–Crippen LogP) is 21.8. The molecule has 94 heavy (non-hydrogen) atoms. The molecule has 0 bridgehead atoms. The highest BCUT2D eigenvalue weighted by Crippen LogP contribution is 2.45. The van der Waals surface area contributed by atoms with E-state index in [9.17, 15) is 43.2 Å². The standard InChI is InChI=1S/C75H146O17P2/c1-8-11-12-13-14-15-16-17-18-19-20-21-28-37-44-51-58-74(79)91-70(62-85-72(77)56-49-42-35-27-23-22-26-33-40-47-54-67(6)9-2)64-89-93(81,82)87-60-69(76)61-88-94(83,84)90-65-71(92-75(80)59-52-45-38-29-24-25-32-39-46-53-66(4)5)63-86-73(78)57-50-43-36-31-30-34-41-48-55-68(7)10-3/h66-71,76H,8-65H2,1-7H3,(H,81,82)(H,83,84)/t67?,68?,69-,70-,71-/m1/s1. The molecule has 0 aromatic rings. The second kappa shape index (κ2) is 65.7. The summed E-state index contributed by atoms with van der Waals surface area (Å²) in [6, 6.07) is 0. The molecule has 0 aromatic heterocycles. The smallest absolute Gasteiger partial charge is 0.462 e. The Labute approximate surface area is 575 Å². The monoisotopic (exact) mass is 1380 g/mol. The number of carbonyl (C=O) groups is 4. The molecule has 0 saturated carbocycles. The average Bonchev–Trinajstić information content (AvgIpc) is 1.17. The molecule has 4 unspecified atom stereocenters. The maximum atomic E-state index is 13.1. The SMILES string of the molecule is CCCCCCCCCCCCCCCCCCC(=O)O[C@H](COC(=O)CCCCCCCCCCCCC(C)CC)COP(=O)(O)OC[C@@H](O)COP(=O)(O)OC[C@@H](COC(=O)CCCCCCCCCCC(C)CC)OC(=O)CCCCCCCCCCCC(C)C. The van der Waals surface area contributed by atoms with Gasteiger partial charge in [0.25, 0.3) is 0 Å². The Morgan fingerprint density at radius 3 is 0.809 bits per heavy atom. The lowest BCUT2D eigenvalue weighted by atomic mass is 9.99. The van der Waals surface area contributed by atoms with E-state index in [1.165, 1.54) is 193 Å². The molecule has 0 amide bonds. The molecule has 0 aromatic carbocycles. The maximum Gasteiger partial charge on any atom is 0.472 e. The Hall–Kier alpha value is -1.94. The van der Waals surface area contributed by atoms with Crippen molar-refractivity contribution in [2.45, 2.75) is 401 Å². The molecule has 0 aliphatic rings. The number of aliphatic hydroxyl groups is 1. The fraction of sp³-hybridized carbons (Fsp3) is 0.947. The normalized spacial score (nSPS) is 14.7. The van der Waals surface area contributed by atoms with Crippen LogP contribution < -0.4 is 0 Å². The Bertz CT molecular complexity index is 1840. The zero-order chi connectivity index (χ0) is 69.4. The molecule has 0 spiro atoms. The van der Waals surface area contributed by atoms with E-state index < -0.39 is 97.5 Å². The van der Waals surface area contributed by atoms with Crippen molar-refractivity contribution in [2.75, 3.05) is 39.6 Å². The van der Waals surface area contributed by atoms with Gasteiger partial charge in [0.1, 0.15) is 19.3 Å². The molecule has 0 aliphatic heterocycles. The number of unbranched alkanes of at least 4 members (excludes halogenated alkanes) is 39. The maximum absolute atomic E-state index is 13.1. The summed E-state index contributed by atoms with van der Waals surface area (Å²) in [5, 5.41) is 10.6. The quantitative estimate of drug-likeness (QED) is 0.0222. The van der Waals surface area contributed by atoms with Crippen LogP contribution in [0, 0.1) is 17.8 Å². The van der Waals surface area contributed by atoms with Crippen molar-refractivity contribution in [1.29, 1.82) is 0 Å². The number of phosphoric acid groups is 2. The molecule has 7 atom stereocenters. The zero-order valence-corrected chi connectivity index (χ0v) is 63.2. The first kappa shape index (κ1) is 92.1. The first-order chi connectivity index (χ1) is 45.3. The van der Waals surface area contributed by atoms with Gasteiger partial charge < -0.3 is 33.8 Å². The molecule has 0 aliphatic carbocycles. The summed E-state index contributed by atoms with van der Waals surface area (Å²) in [7, 11) is -9.91. The Balaban J connectivity index is 5.27. The third-order valence-corrected chi connectivity index (χ3v) is 20.0. The van der Waals surface area contributed by atoms with Crippen LogP contribution in [0.15, 0.2) is 0 Å². The average molecular weight is 1380 g/mol. The summed E-state index contributed by atoms with van der Waals surface area (Å²) in [5.74, 6) is 0.205. The Kier molecular flexibility index (Phi) is 64.3. The lowest BCUT2D eigenvalue weighted by Crippen LogP contribution is -2.30. The van der Waals surface area contributed by atoms with Crippen molar-refractivity contribution >= 4 is 39.5 Å². The topological polar surface area (TPSA) is 237 Å². The van der Waals surface area contributed by atoms with Crippen LogP contribution in [0.2, 0.25) is 0 Å². The highest BCUT2D eigenvalue weighted by molar-refractivity contribution is 7.47. The van der Waals surface area contributed by atoms with Crippen LogP contribution in [0.5, 0.6) is 0 Å². The number of aliphatic hydroxyl groups excluding tert-OH is 1. The molecule has 558 valence electrons. The molecule has 0 radical (unpaired) electrons. The van der Waals surface area contributed by atoms with E-state index in [0.29, 0.717) is 25.7 Å². The van der Waals surface area contributed by atoms with Crippen LogP contribution in [0.1, 0.15) is 382 Å². The zero-order valence-electron chi connectivity index (χ0n) is 61.4. The fourth-order valence-electron chi connectivity index (χ4n) is 11.4. The Morgan fingerprint density at radius 1 is 0.309 bits per heavy atom. The van der Waals surface area contributed by atoms with Crippen LogP contribution in [-0.2, 0) is 65.4 Å². The van der Waals surface area contributed by atoms with Crippen LogP contribution in [0.3, 0.4) is 0 Å². The molecule has 0 fully saturated rings. The molecule has 0 rings (SSSR count). The second-order valence-electron chi connectivity index (χ2n) is 28.0. The molecule has 0 saturated heterocycles. The lowest BCUT2D eigenvalue weighted by Gasteiger charge is -2.21. The van der Waals surface area contributed by atoms with E-state index in [2.05, 4.69) is 48.5 Å². The van der Waals surface area contributed by atoms with Crippen molar-refractivity contribution in [3.63, 3.8) is 0 Å². The minimum Gasteiger partial charge on any atom is -0.462 e. The summed E-state index contributed by atoms with van der Waals surface area (Å²) in [6.45, 7) is 11.9. The van der Waals surface area contributed by atoms with Crippen LogP contribution in [0.4, 0.5) is 0 Å². The van der Waals surface area contributed by atoms with Gasteiger partial charge in [-0.1, -0.05) is 331 Å². The van der Waals surface area contributed by atoms with Gasteiger partial charge in [0.05, 0.1) is 26.4 Å². The third-order valence-electron chi connectivity index (χ3n) is 18.1. The third kappa shape index (κ3) is 66.0. The number of esters is 4. The van der Waals surface area contributed by atoms with Gasteiger partial charge in [0.15, 0.2) is 12.2 Å². The van der Waals surface area contributed by atoms with Gasteiger partial charge >= 0.3 is 39.5 Å². The van der Waals surface area contributed by atoms with E-state index >= 15 is 0 Å². The minimum absolute atomic E-state index is 0.105. The molecule has 19 heteroatoms. The van der Waals surface area contributed by atoms with Crippen molar-refractivity contribution in [1.82, 2.24) is 0 Å². The van der Waals surface area contributed by atoms with Crippen molar-refractivity contribution in [3.8, 4) is 0 Å². The number of rotatable bonds is 73. The molecular weight excluding hydrogens is 1230 g/mol. The largest absolute Gasteiger partial charge is 0.472 e. The van der Waals surface area contributed by atoms with E-state index in [-0.39, 0.29) is 25.7 Å². The fourth-order valence-corrected chi connectivity index (χ4v) is 12.9. The van der Waals surface area contributed by atoms with Crippen molar-refractivity contribution in [3.05, 3.63) is 0 Å². The summed E-state index contributed by atoms with van der Waals surface area (Å²) in [4.78, 5) is 72.8. The molecule has 17 nitrogen and oxygen atoms in total. The van der Waals surface area contributed by atoms with Gasteiger partial charge in [-0.05, 0) is 43.4 Å². The summed E-state index contributed by atoms with van der Waals surface area (Å²) in [5.41, 5.74) is 0. The van der Waals surface area contributed by atoms with E-state index in [1.807, 2.05) is 0 Å². The predicted molar refractivity (Wildman–Crippen MR) is 381 cm³/mol. The van der Waals surface area contributed by atoms with Gasteiger partial charge in [0, 0.05) is 25.7 Å². The first-order valence-electron chi connectivity index (χ1n) is 38.9. The van der Waals surface area contributed by atoms with Gasteiger partial charge in [-0.15, -0.1) is 0 Å².